The molecule has 0 atom stereocenters. The summed E-state index contributed by atoms with van der Waals surface area (Å²) < 4.78 is 2.42. The van der Waals surface area contributed by atoms with Gasteiger partial charge in [-0.15, -0.1) is 0 Å². The molecule has 0 unspecified atom stereocenters. The monoisotopic (exact) mass is 939 g/mol. The van der Waals surface area contributed by atoms with Gasteiger partial charge < -0.3 is 14.4 Å². The number of nitrogens with zero attached hydrogens (tertiary/aromatic N) is 5. The van der Waals surface area contributed by atoms with Gasteiger partial charge in [0.1, 0.15) is 0 Å². The van der Waals surface area contributed by atoms with Crippen LogP contribution in [0.4, 0.5) is 34.1 Å². The Morgan fingerprint density at radius 2 is 0.699 bits per heavy atom. The topological polar surface area (TPSA) is 37.2 Å². The first kappa shape index (κ1) is 44.9. The average molecular weight is 940 g/mol. The number of fused-ring (bicyclic) bond motifs is 3. The summed E-state index contributed by atoms with van der Waals surface area (Å²) in [4.78, 5) is 15.1. The third-order valence-corrected chi connectivity index (χ3v) is 14.1. The van der Waals surface area contributed by atoms with Crippen LogP contribution in [0.3, 0.4) is 0 Å². The Morgan fingerprint density at radius 1 is 0.301 bits per heavy atom. The van der Waals surface area contributed by atoms with Gasteiger partial charge in [-0.1, -0.05) is 140 Å². The summed E-state index contributed by atoms with van der Waals surface area (Å²) >= 11 is 0. The summed E-state index contributed by atoms with van der Waals surface area (Å²) in [6, 6.07) is 89.0. The number of para-hydroxylation sites is 4. The number of aromatic nitrogens is 3. The van der Waals surface area contributed by atoms with Crippen LogP contribution in [0.2, 0.25) is 0 Å². The van der Waals surface area contributed by atoms with Crippen LogP contribution in [-0.4, -0.2) is 14.5 Å². The Morgan fingerprint density at radius 3 is 1.16 bits per heavy atom. The smallest absolute Gasteiger partial charge is 0.160 e. The van der Waals surface area contributed by atoms with Crippen molar-refractivity contribution in [2.24, 2.45) is 0 Å². The van der Waals surface area contributed by atoms with Gasteiger partial charge in [0, 0.05) is 67.3 Å². The second-order valence-electron chi connectivity index (χ2n) is 18.9. The van der Waals surface area contributed by atoms with Gasteiger partial charge in [0.25, 0.3) is 0 Å². The average Bonchev–Trinajstić information content (AvgIpc) is 3.76. The van der Waals surface area contributed by atoms with Gasteiger partial charge in [0.2, 0.25) is 0 Å². The lowest BCUT2D eigenvalue weighted by Crippen LogP contribution is -2.09. The first-order valence-electron chi connectivity index (χ1n) is 25.0. The molecule has 0 saturated carbocycles. The van der Waals surface area contributed by atoms with E-state index in [9.17, 15) is 0 Å². The van der Waals surface area contributed by atoms with Crippen molar-refractivity contribution in [1.82, 2.24) is 14.5 Å². The minimum Gasteiger partial charge on any atom is -0.310 e. The summed E-state index contributed by atoms with van der Waals surface area (Å²) in [5.74, 6) is 0.734. The molecule has 2 heterocycles. The van der Waals surface area contributed by atoms with E-state index >= 15 is 0 Å². The maximum Gasteiger partial charge on any atom is 0.160 e. The van der Waals surface area contributed by atoms with Crippen molar-refractivity contribution >= 4 is 55.9 Å². The number of hydrogen-bond acceptors (Lipinski definition) is 4. The second-order valence-corrected chi connectivity index (χ2v) is 18.9. The van der Waals surface area contributed by atoms with Crippen LogP contribution >= 0.6 is 0 Å². The van der Waals surface area contributed by atoms with Crippen LogP contribution in [0.1, 0.15) is 22.3 Å². The fraction of sp³-hybridized carbons (Fsp3) is 0.0588. The van der Waals surface area contributed by atoms with E-state index in [0.29, 0.717) is 0 Å². The highest BCUT2D eigenvalue weighted by Gasteiger charge is 2.21. The Balaban J connectivity index is 0.977. The predicted molar refractivity (Wildman–Crippen MR) is 306 cm³/mol. The SMILES string of the molecule is Cc1cc(-c2cc(-c3ccccc3C)nc(-c3ccccc3C)n2)c(C)cc1-c1ccc(-n2c3ccc(N(c4ccccc4)c4ccccc4)cc3c3cc(N(c4ccccc4)c4ccccc4)ccc32)cc1. The molecule has 0 aliphatic rings. The van der Waals surface area contributed by atoms with Crippen LogP contribution in [0.15, 0.2) is 249 Å². The lowest BCUT2D eigenvalue weighted by atomic mass is 9.93. The minimum absolute atomic E-state index is 0.734. The number of aryl methyl sites for hydroxylation is 4. The van der Waals surface area contributed by atoms with E-state index in [-0.39, 0.29) is 0 Å². The zero-order valence-electron chi connectivity index (χ0n) is 41.4. The van der Waals surface area contributed by atoms with Crippen LogP contribution in [-0.2, 0) is 0 Å². The Hall–Kier alpha value is -9.32. The molecule has 5 heteroatoms. The van der Waals surface area contributed by atoms with Gasteiger partial charge in [-0.2, -0.15) is 0 Å². The van der Waals surface area contributed by atoms with Crippen molar-refractivity contribution in [2.75, 3.05) is 9.80 Å². The molecule has 0 N–H and O–H groups in total. The molecule has 0 amide bonds. The molecule has 2 aromatic heterocycles. The van der Waals surface area contributed by atoms with Gasteiger partial charge in [-0.05, 0) is 170 Å². The Labute approximate surface area is 427 Å². The van der Waals surface area contributed by atoms with Crippen LogP contribution in [0, 0.1) is 27.7 Å². The highest BCUT2D eigenvalue weighted by atomic mass is 15.1. The van der Waals surface area contributed by atoms with Gasteiger partial charge in [0.05, 0.1) is 22.4 Å². The van der Waals surface area contributed by atoms with Crippen LogP contribution in [0.25, 0.3) is 72.5 Å². The van der Waals surface area contributed by atoms with Gasteiger partial charge in [-0.25, -0.2) is 9.97 Å². The van der Waals surface area contributed by atoms with Crippen molar-refractivity contribution in [3.8, 4) is 50.7 Å². The fourth-order valence-corrected chi connectivity index (χ4v) is 10.5. The van der Waals surface area contributed by atoms with E-state index in [1.54, 1.807) is 0 Å². The molecule has 0 aliphatic carbocycles. The van der Waals surface area contributed by atoms with E-state index in [2.05, 4.69) is 291 Å². The number of anilines is 6. The van der Waals surface area contributed by atoms with Crippen molar-refractivity contribution in [3.05, 3.63) is 271 Å². The lowest BCUT2D eigenvalue weighted by Gasteiger charge is -2.26. The maximum atomic E-state index is 5.26. The molecule has 73 heavy (non-hydrogen) atoms. The third-order valence-electron chi connectivity index (χ3n) is 14.1. The number of hydrogen-bond donors (Lipinski definition) is 0. The van der Waals surface area contributed by atoms with E-state index < -0.39 is 0 Å². The summed E-state index contributed by atoms with van der Waals surface area (Å²) in [6.45, 7) is 8.68. The molecule has 0 saturated heterocycles. The number of benzene rings is 10. The molecule has 0 bridgehead atoms. The molecule has 0 radical (unpaired) electrons. The zero-order valence-corrected chi connectivity index (χ0v) is 41.4. The second kappa shape index (κ2) is 19.1. The third kappa shape index (κ3) is 8.51. The fourth-order valence-electron chi connectivity index (χ4n) is 10.5. The molecule has 0 fully saturated rings. The van der Waals surface area contributed by atoms with Crippen molar-refractivity contribution in [2.45, 2.75) is 27.7 Å². The number of rotatable bonds is 11. The van der Waals surface area contributed by atoms with Crippen molar-refractivity contribution in [3.63, 3.8) is 0 Å². The van der Waals surface area contributed by atoms with Gasteiger partial charge >= 0.3 is 0 Å². The molecule has 0 aliphatic heterocycles. The highest BCUT2D eigenvalue weighted by molar-refractivity contribution is 6.12. The van der Waals surface area contributed by atoms with E-state index in [1.807, 2.05) is 0 Å². The first-order chi connectivity index (χ1) is 35.9. The summed E-state index contributed by atoms with van der Waals surface area (Å²) in [7, 11) is 0. The summed E-state index contributed by atoms with van der Waals surface area (Å²) in [6.07, 6.45) is 0. The lowest BCUT2D eigenvalue weighted by molar-refractivity contribution is 1.16. The van der Waals surface area contributed by atoms with Crippen LogP contribution in [0.5, 0.6) is 0 Å². The van der Waals surface area contributed by atoms with E-state index in [4.69, 9.17) is 9.97 Å². The molecule has 350 valence electrons. The maximum absolute atomic E-state index is 5.26. The Bertz CT molecular complexity index is 3660. The summed E-state index contributed by atoms with van der Waals surface area (Å²) in [5, 5.41) is 2.33. The molecular formula is C68H53N5. The van der Waals surface area contributed by atoms with Gasteiger partial charge in [0.15, 0.2) is 5.82 Å². The minimum atomic E-state index is 0.734. The first-order valence-corrected chi connectivity index (χ1v) is 25.0. The Kier molecular flexibility index (Phi) is 11.7. The molecule has 12 aromatic rings. The predicted octanol–water partition coefficient (Wildman–Crippen LogP) is 18.4. The zero-order chi connectivity index (χ0) is 49.4. The highest BCUT2D eigenvalue weighted by Crippen LogP contribution is 2.43. The van der Waals surface area contributed by atoms with E-state index in [1.165, 1.54) is 27.5 Å². The molecule has 0 spiro atoms. The molecule has 10 aromatic carbocycles. The molecular weight excluding hydrogens is 887 g/mol. The van der Waals surface area contributed by atoms with Crippen LogP contribution < -0.4 is 9.80 Å². The quantitative estimate of drug-likeness (QED) is 0.129. The molecule has 12 rings (SSSR count). The molecule has 5 nitrogen and oxygen atoms in total. The standard InChI is InChI=1S/C68H53N5/c1-46-21-17-19-31-58(46)64-45-65(70-68(69-64)59-32-20-18-22-47(59)2)61-42-48(3)60(41-49(61)4)50-33-35-55(36-34-50)73-66-39-37-56(71(51-23-9-5-10-24-51)52-25-11-6-12-26-52)43-62(66)63-44-57(38-40-67(63)73)72(53-27-13-7-14-28-53)54-29-15-8-16-30-54/h5-45H,1-4H3. The van der Waals surface area contributed by atoms with E-state index in [0.717, 1.165) is 101 Å². The summed E-state index contributed by atoms with van der Waals surface area (Å²) in [5.41, 5.74) is 22.0. The van der Waals surface area contributed by atoms with Crippen molar-refractivity contribution in [1.29, 1.82) is 0 Å². The van der Waals surface area contributed by atoms with Gasteiger partial charge in [-0.3, -0.25) is 0 Å². The largest absolute Gasteiger partial charge is 0.310 e. The normalized spacial score (nSPS) is 11.3. The van der Waals surface area contributed by atoms with Crippen molar-refractivity contribution < 1.29 is 0 Å².